The van der Waals surface area contributed by atoms with Gasteiger partial charge in [-0.1, -0.05) is 61.4 Å². The second kappa shape index (κ2) is 7.71. The minimum Gasteiger partial charge on any atom is -0.392 e. The van der Waals surface area contributed by atoms with E-state index in [1.807, 2.05) is 30.3 Å². The summed E-state index contributed by atoms with van der Waals surface area (Å²) in [5.41, 5.74) is 1.16. The fourth-order valence-corrected chi connectivity index (χ4v) is 3.46. The fraction of sp³-hybridized carbons (Fsp3) is 0.562. The van der Waals surface area contributed by atoms with Crippen LogP contribution in [0.3, 0.4) is 0 Å². The van der Waals surface area contributed by atoms with Gasteiger partial charge in [0, 0.05) is 12.2 Å². The van der Waals surface area contributed by atoms with Crippen molar-refractivity contribution in [1.29, 1.82) is 0 Å². The number of benzene rings is 1. The zero-order chi connectivity index (χ0) is 13.5. The van der Waals surface area contributed by atoms with Crippen LogP contribution in [-0.4, -0.2) is 16.3 Å². The largest absolute Gasteiger partial charge is 0.392 e. The predicted octanol–water partition coefficient (Wildman–Crippen LogP) is 3.78. The molecule has 1 saturated carbocycles. The molecule has 104 valence electrons. The van der Waals surface area contributed by atoms with Crippen LogP contribution in [0.15, 0.2) is 30.3 Å². The van der Waals surface area contributed by atoms with Crippen LogP contribution in [-0.2, 0) is 10.5 Å². The maximum absolute atomic E-state index is 11.9. The molecule has 1 aromatic rings. The van der Waals surface area contributed by atoms with E-state index in [0.717, 1.165) is 18.4 Å². The van der Waals surface area contributed by atoms with Gasteiger partial charge in [-0.2, -0.15) is 0 Å². The first-order valence-corrected chi connectivity index (χ1v) is 8.12. The lowest BCUT2D eigenvalue weighted by Crippen LogP contribution is -2.24. The summed E-state index contributed by atoms with van der Waals surface area (Å²) < 4.78 is 0. The summed E-state index contributed by atoms with van der Waals surface area (Å²) in [5.74, 6) is 1.05. The summed E-state index contributed by atoms with van der Waals surface area (Å²) >= 11 is 1.32. The first-order chi connectivity index (χ1) is 9.25. The van der Waals surface area contributed by atoms with Gasteiger partial charge in [0.2, 0.25) is 0 Å². The smallest absolute Gasteiger partial charge is 0.191 e. The second-order valence-corrected chi connectivity index (χ2v) is 6.35. The van der Waals surface area contributed by atoms with Crippen molar-refractivity contribution in [1.82, 2.24) is 0 Å². The molecule has 1 aliphatic carbocycles. The summed E-state index contributed by atoms with van der Waals surface area (Å²) in [7, 11) is 0. The van der Waals surface area contributed by atoms with Gasteiger partial charge in [-0.25, -0.2) is 0 Å². The number of carbonyl (C=O) groups excluding carboxylic acids is 1. The molecule has 0 saturated heterocycles. The molecule has 1 N–H and O–H groups in total. The van der Waals surface area contributed by atoms with Gasteiger partial charge in [0.05, 0.1) is 6.10 Å². The summed E-state index contributed by atoms with van der Waals surface area (Å²) in [6.07, 6.45) is 5.72. The van der Waals surface area contributed by atoms with Gasteiger partial charge >= 0.3 is 0 Å². The SMILES string of the molecule is O=C(CC(O)C1CCCCC1)SCc1ccccc1. The Hall–Kier alpha value is -0.800. The van der Waals surface area contributed by atoms with E-state index in [2.05, 4.69) is 0 Å². The van der Waals surface area contributed by atoms with E-state index >= 15 is 0 Å². The van der Waals surface area contributed by atoms with Crippen molar-refractivity contribution in [3.8, 4) is 0 Å². The van der Waals surface area contributed by atoms with Crippen molar-refractivity contribution >= 4 is 16.9 Å². The molecule has 0 aromatic heterocycles. The maximum atomic E-state index is 11.9. The Bertz CT molecular complexity index is 385. The molecule has 19 heavy (non-hydrogen) atoms. The highest BCUT2D eigenvalue weighted by molar-refractivity contribution is 8.12. The summed E-state index contributed by atoms with van der Waals surface area (Å²) in [6.45, 7) is 0. The normalized spacial score (nSPS) is 18.2. The molecule has 0 bridgehead atoms. The second-order valence-electron chi connectivity index (χ2n) is 5.32. The Morgan fingerprint density at radius 3 is 2.58 bits per heavy atom. The Kier molecular flexibility index (Phi) is 5.93. The lowest BCUT2D eigenvalue weighted by atomic mass is 9.84. The molecular weight excluding hydrogens is 256 g/mol. The molecule has 0 radical (unpaired) electrons. The van der Waals surface area contributed by atoms with Crippen molar-refractivity contribution in [2.75, 3.05) is 0 Å². The van der Waals surface area contributed by atoms with E-state index in [9.17, 15) is 9.90 Å². The van der Waals surface area contributed by atoms with E-state index in [1.54, 1.807) is 0 Å². The van der Waals surface area contributed by atoms with Crippen LogP contribution < -0.4 is 0 Å². The van der Waals surface area contributed by atoms with Gasteiger partial charge in [-0.05, 0) is 24.3 Å². The number of hydrogen-bond donors (Lipinski definition) is 1. The fourth-order valence-electron chi connectivity index (χ4n) is 2.65. The first kappa shape index (κ1) is 14.6. The van der Waals surface area contributed by atoms with Crippen LogP contribution >= 0.6 is 11.8 Å². The topological polar surface area (TPSA) is 37.3 Å². The van der Waals surface area contributed by atoms with Crippen LogP contribution in [0.4, 0.5) is 0 Å². The lowest BCUT2D eigenvalue weighted by Gasteiger charge is -2.25. The van der Waals surface area contributed by atoms with E-state index in [-0.39, 0.29) is 5.12 Å². The zero-order valence-electron chi connectivity index (χ0n) is 11.3. The number of thioether (sulfide) groups is 1. The maximum Gasteiger partial charge on any atom is 0.191 e. The molecule has 0 heterocycles. The average Bonchev–Trinajstić information content (AvgIpc) is 2.47. The first-order valence-electron chi connectivity index (χ1n) is 7.13. The number of aliphatic hydroxyl groups excluding tert-OH is 1. The van der Waals surface area contributed by atoms with E-state index in [1.165, 1.54) is 31.0 Å². The van der Waals surface area contributed by atoms with Gasteiger partial charge in [0.15, 0.2) is 5.12 Å². The third kappa shape index (κ3) is 5.00. The quantitative estimate of drug-likeness (QED) is 0.890. The Morgan fingerprint density at radius 2 is 1.89 bits per heavy atom. The van der Waals surface area contributed by atoms with Crippen LogP contribution in [0.25, 0.3) is 0 Å². The molecule has 1 unspecified atom stereocenters. The molecule has 1 atom stereocenters. The van der Waals surface area contributed by atoms with Gasteiger partial charge in [0.1, 0.15) is 0 Å². The minimum absolute atomic E-state index is 0.113. The van der Waals surface area contributed by atoms with Gasteiger partial charge < -0.3 is 5.11 Å². The lowest BCUT2D eigenvalue weighted by molar-refractivity contribution is -0.113. The molecule has 0 amide bonds. The molecule has 0 spiro atoms. The molecule has 1 fully saturated rings. The molecular formula is C16H22O2S. The van der Waals surface area contributed by atoms with Gasteiger partial charge in [-0.3, -0.25) is 4.79 Å². The van der Waals surface area contributed by atoms with Crippen molar-refractivity contribution in [2.24, 2.45) is 5.92 Å². The third-order valence-electron chi connectivity index (χ3n) is 3.81. The van der Waals surface area contributed by atoms with Gasteiger partial charge in [-0.15, -0.1) is 0 Å². The van der Waals surface area contributed by atoms with Crippen molar-refractivity contribution < 1.29 is 9.90 Å². The Labute approximate surface area is 119 Å². The highest BCUT2D eigenvalue weighted by atomic mass is 32.2. The van der Waals surface area contributed by atoms with E-state index < -0.39 is 6.10 Å². The van der Waals surface area contributed by atoms with E-state index in [0.29, 0.717) is 18.1 Å². The number of carbonyl (C=O) groups is 1. The zero-order valence-corrected chi connectivity index (χ0v) is 12.1. The summed E-state index contributed by atoms with van der Waals surface area (Å²) in [5, 5.41) is 10.2. The highest BCUT2D eigenvalue weighted by Crippen LogP contribution is 2.29. The summed E-state index contributed by atoms with van der Waals surface area (Å²) in [6, 6.07) is 9.99. The average molecular weight is 278 g/mol. The van der Waals surface area contributed by atoms with Crippen molar-refractivity contribution in [3.05, 3.63) is 35.9 Å². The van der Waals surface area contributed by atoms with Crippen molar-refractivity contribution in [3.63, 3.8) is 0 Å². The van der Waals surface area contributed by atoms with Crippen LogP contribution in [0, 0.1) is 5.92 Å². The van der Waals surface area contributed by atoms with Crippen LogP contribution in [0.2, 0.25) is 0 Å². The third-order valence-corrected chi connectivity index (χ3v) is 4.78. The standard InChI is InChI=1S/C16H22O2S/c17-15(14-9-5-2-6-10-14)11-16(18)19-12-13-7-3-1-4-8-13/h1,3-4,7-8,14-15,17H,2,5-6,9-12H2. The van der Waals surface area contributed by atoms with E-state index in [4.69, 9.17) is 0 Å². The molecule has 1 aromatic carbocycles. The number of aliphatic hydroxyl groups is 1. The van der Waals surface area contributed by atoms with Crippen LogP contribution in [0.5, 0.6) is 0 Å². The summed E-state index contributed by atoms with van der Waals surface area (Å²) in [4.78, 5) is 11.9. The van der Waals surface area contributed by atoms with Crippen molar-refractivity contribution in [2.45, 2.75) is 50.4 Å². The predicted molar refractivity (Wildman–Crippen MR) is 79.9 cm³/mol. The molecule has 3 heteroatoms. The Balaban J connectivity index is 1.71. The molecule has 2 rings (SSSR count). The molecule has 0 aliphatic heterocycles. The Morgan fingerprint density at radius 1 is 1.21 bits per heavy atom. The van der Waals surface area contributed by atoms with Crippen LogP contribution in [0.1, 0.15) is 44.1 Å². The van der Waals surface area contributed by atoms with Gasteiger partial charge in [0.25, 0.3) is 0 Å². The minimum atomic E-state index is -0.434. The molecule has 2 nitrogen and oxygen atoms in total. The molecule has 1 aliphatic rings. The highest BCUT2D eigenvalue weighted by Gasteiger charge is 2.23. The number of rotatable bonds is 5. The monoisotopic (exact) mass is 278 g/mol. The number of hydrogen-bond acceptors (Lipinski definition) is 3.